The van der Waals surface area contributed by atoms with E-state index in [1.807, 2.05) is 6.08 Å². The fourth-order valence-electron chi connectivity index (χ4n) is 8.99. The highest BCUT2D eigenvalue weighted by atomic mass is 16.1. The van der Waals surface area contributed by atoms with Crippen LogP contribution < -0.4 is 0 Å². The number of allylic oxidation sites excluding steroid dienone is 1. The zero-order chi connectivity index (χ0) is 18.5. The van der Waals surface area contributed by atoms with Crippen LogP contribution in [0.4, 0.5) is 0 Å². The second kappa shape index (κ2) is 5.03. The molecule has 0 N–H and O–H groups in total. The third kappa shape index (κ3) is 1.72. The van der Waals surface area contributed by atoms with Crippen LogP contribution in [0.3, 0.4) is 0 Å². The summed E-state index contributed by atoms with van der Waals surface area (Å²) < 4.78 is 0. The standard InChI is InChI=1S/C24H33NO/c1-5-24(13-25)19-12-17(19)21-20-14(2)10-15-11-16(26)6-8-22(15,3)18(20)7-9-23(21,24)4/h11,14,17-21H,5-10,12H2,1-4H3/t14-,17-,18+,19+,20-,21+,22+,23+,24+/m1/s1. The second-order valence-corrected chi connectivity index (χ2v) is 10.8. The number of fused-ring (bicyclic) bond motifs is 7. The Bertz CT molecular complexity index is 746. The average Bonchev–Trinajstić information content (AvgIpc) is 3.35. The Morgan fingerprint density at radius 2 is 2.04 bits per heavy atom. The van der Waals surface area contributed by atoms with Crippen molar-refractivity contribution < 1.29 is 4.79 Å². The molecule has 9 atom stereocenters. The zero-order valence-electron chi connectivity index (χ0n) is 16.8. The molecule has 0 heterocycles. The molecule has 4 saturated carbocycles. The summed E-state index contributed by atoms with van der Waals surface area (Å²) in [6.07, 6.45) is 9.73. The first-order chi connectivity index (χ1) is 12.3. The first-order valence-corrected chi connectivity index (χ1v) is 11.0. The lowest BCUT2D eigenvalue weighted by molar-refractivity contribution is -0.121. The van der Waals surface area contributed by atoms with Crippen molar-refractivity contribution in [3.05, 3.63) is 11.6 Å². The van der Waals surface area contributed by atoms with Crippen LogP contribution in [0.25, 0.3) is 0 Å². The number of carbonyl (C=O) groups is 1. The molecule has 4 fully saturated rings. The number of rotatable bonds is 1. The lowest BCUT2D eigenvalue weighted by Crippen LogP contribution is -2.56. The van der Waals surface area contributed by atoms with Gasteiger partial charge < -0.3 is 0 Å². The van der Waals surface area contributed by atoms with Gasteiger partial charge in [0.2, 0.25) is 0 Å². The Labute approximate surface area is 158 Å². The maximum absolute atomic E-state index is 12.1. The lowest BCUT2D eigenvalue weighted by atomic mass is 9.42. The smallest absolute Gasteiger partial charge is 0.155 e. The van der Waals surface area contributed by atoms with Crippen LogP contribution in [0.2, 0.25) is 0 Å². The van der Waals surface area contributed by atoms with E-state index in [-0.39, 0.29) is 16.2 Å². The first kappa shape index (κ1) is 17.0. The van der Waals surface area contributed by atoms with Gasteiger partial charge >= 0.3 is 0 Å². The Hall–Kier alpha value is -1.10. The summed E-state index contributed by atoms with van der Waals surface area (Å²) in [5.41, 5.74) is 1.83. The van der Waals surface area contributed by atoms with Crippen molar-refractivity contribution in [3.8, 4) is 6.07 Å². The monoisotopic (exact) mass is 351 g/mol. The number of carbonyl (C=O) groups excluding carboxylic acids is 1. The molecule has 140 valence electrons. The summed E-state index contributed by atoms with van der Waals surface area (Å²) in [7, 11) is 0. The molecule has 0 aromatic rings. The lowest BCUT2D eigenvalue weighted by Gasteiger charge is -2.62. The highest BCUT2D eigenvalue weighted by Crippen LogP contribution is 2.80. The third-order valence-electron chi connectivity index (χ3n) is 10.3. The number of nitrogens with zero attached hydrogens (tertiary/aromatic N) is 1. The van der Waals surface area contributed by atoms with Gasteiger partial charge in [-0.2, -0.15) is 5.26 Å². The number of hydrogen-bond acceptors (Lipinski definition) is 2. The highest BCUT2D eigenvalue weighted by molar-refractivity contribution is 5.91. The summed E-state index contributed by atoms with van der Waals surface area (Å²) in [5, 5.41) is 10.3. The molecule has 0 aliphatic heterocycles. The molecule has 5 aliphatic carbocycles. The van der Waals surface area contributed by atoms with Gasteiger partial charge in [0.15, 0.2) is 5.78 Å². The van der Waals surface area contributed by atoms with Crippen LogP contribution in [0, 0.1) is 63.1 Å². The molecule has 0 bridgehead atoms. The molecule has 0 amide bonds. The molecule has 0 saturated heterocycles. The van der Waals surface area contributed by atoms with E-state index in [0.29, 0.717) is 17.6 Å². The van der Waals surface area contributed by atoms with Crippen LogP contribution >= 0.6 is 0 Å². The molecule has 5 aliphatic rings. The fraction of sp³-hybridized carbons (Fsp3) is 0.833. The minimum absolute atomic E-state index is 0.0768. The summed E-state index contributed by atoms with van der Waals surface area (Å²) in [6.45, 7) is 9.65. The largest absolute Gasteiger partial charge is 0.295 e. The van der Waals surface area contributed by atoms with Crippen LogP contribution in [-0.2, 0) is 4.79 Å². The predicted molar refractivity (Wildman–Crippen MR) is 102 cm³/mol. The zero-order valence-corrected chi connectivity index (χ0v) is 16.8. The molecule has 0 spiro atoms. The molecular formula is C24H33NO. The van der Waals surface area contributed by atoms with Gasteiger partial charge in [-0.3, -0.25) is 4.79 Å². The second-order valence-electron chi connectivity index (χ2n) is 10.8. The van der Waals surface area contributed by atoms with Crippen molar-refractivity contribution >= 4 is 5.78 Å². The van der Waals surface area contributed by atoms with Gasteiger partial charge in [0.1, 0.15) is 0 Å². The quantitative estimate of drug-likeness (QED) is 0.622. The summed E-state index contributed by atoms with van der Waals surface area (Å²) >= 11 is 0. The van der Waals surface area contributed by atoms with E-state index in [9.17, 15) is 10.1 Å². The topological polar surface area (TPSA) is 40.9 Å². The molecule has 0 aromatic heterocycles. The van der Waals surface area contributed by atoms with Gasteiger partial charge in [-0.1, -0.05) is 33.3 Å². The molecule has 0 radical (unpaired) electrons. The number of nitriles is 1. The van der Waals surface area contributed by atoms with Crippen LogP contribution in [-0.4, -0.2) is 5.78 Å². The van der Waals surface area contributed by atoms with E-state index in [2.05, 4.69) is 33.8 Å². The van der Waals surface area contributed by atoms with Crippen molar-refractivity contribution in [2.24, 2.45) is 51.8 Å². The van der Waals surface area contributed by atoms with E-state index in [4.69, 9.17) is 0 Å². The van der Waals surface area contributed by atoms with E-state index in [1.165, 1.54) is 24.8 Å². The molecular weight excluding hydrogens is 318 g/mol. The van der Waals surface area contributed by atoms with Crippen LogP contribution in [0.15, 0.2) is 11.6 Å². The molecule has 0 aromatic carbocycles. The average molecular weight is 352 g/mol. The molecule has 0 unspecified atom stereocenters. The maximum Gasteiger partial charge on any atom is 0.155 e. The third-order valence-corrected chi connectivity index (χ3v) is 10.3. The van der Waals surface area contributed by atoms with E-state index >= 15 is 0 Å². The molecule has 26 heavy (non-hydrogen) atoms. The molecule has 5 rings (SSSR count). The van der Waals surface area contributed by atoms with Crippen molar-refractivity contribution in [1.29, 1.82) is 5.26 Å². The Morgan fingerprint density at radius 1 is 1.27 bits per heavy atom. The molecule has 2 nitrogen and oxygen atoms in total. The number of ketones is 1. The predicted octanol–water partition coefficient (Wildman–Crippen LogP) is 5.54. The van der Waals surface area contributed by atoms with Crippen LogP contribution in [0.5, 0.6) is 0 Å². The summed E-state index contributed by atoms with van der Waals surface area (Å²) in [6, 6.07) is 2.88. The minimum Gasteiger partial charge on any atom is -0.295 e. The van der Waals surface area contributed by atoms with Crippen molar-refractivity contribution in [2.75, 3.05) is 0 Å². The van der Waals surface area contributed by atoms with Gasteiger partial charge in [0.05, 0.1) is 11.5 Å². The SMILES string of the molecule is CC[C@]1(C#N)[C@H]2C[C@H]2[C@H]2[C@@H]3[C@H](C)CC4=CC(=O)CC[C@]4(C)[C@H]3CC[C@@]21C. The van der Waals surface area contributed by atoms with E-state index in [1.54, 1.807) is 0 Å². The van der Waals surface area contributed by atoms with Gasteiger partial charge in [-0.25, -0.2) is 0 Å². The van der Waals surface area contributed by atoms with Gasteiger partial charge in [-0.15, -0.1) is 0 Å². The van der Waals surface area contributed by atoms with E-state index < -0.39 is 0 Å². The minimum atomic E-state index is -0.0768. The van der Waals surface area contributed by atoms with Crippen molar-refractivity contribution in [1.82, 2.24) is 0 Å². The fourth-order valence-corrected chi connectivity index (χ4v) is 8.99. The van der Waals surface area contributed by atoms with Crippen molar-refractivity contribution in [3.63, 3.8) is 0 Å². The van der Waals surface area contributed by atoms with Gasteiger partial charge in [0, 0.05) is 6.42 Å². The normalized spacial score (nSPS) is 57.2. The summed E-state index contributed by atoms with van der Waals surface area (Å²) in [4.78, 5) is 12.1. The number of hydrogen-bond donors (Lipinski definition) is 0. The van der Waals surface area contributed by atoms with E-state index in [0.717, 1.165) is 49.4 Å². The van der Waals surface area contributed by atoms with Crippen LogP contribution in [0.1, 0.15) is 72.6 Å². The summed E-state index contributed by atoms with van der Waals surface area (Å²) in [5.74, 6) is 4.67. The van der Waals surface area contributed by atoms with Crippen molar-refractivity contribution in [2.45, 2.75) is 72.6 Å². The Balaban J connectivity index is 1.59. The van der Waals surface area contributed by atoms with Gasteiger partial charge in [-0.05, 0) is 90.9 Å². The Kier molecular flexibility index (Phi) is 3.30. The van der Waals surface area contributed by atoms with Gasteiger partial charge in [0.25, 0.3) is 0 Å². The first-order valence-electron chi connectivity index (χ1n) is 11.0. The molecule has 2 heteroatoms. The Morgan fingerprint density at radius 3 is 2.73 bits per heavy atom. The maximum atomic E-state index is 12.1. The highest BCUT2D eigenvalue weighted by Gasteiger charge is 2.76.